The molecule has 0 aromatic heterocycles. The molecule has 0 saturated heterocycles. The number of benzene rings is 2. The summed E-state index contributed by atoms with van der Waals surface area (Å²) >= 11 is 6.18. The van der Waals surface area contributed by atoms with Crippen LogP contribution in [0.25, 0.3) is 11.1 Å². The molecule has 0 aliphatic rings. The Hall–Kier alpha value is -1.38. The predicted octanol–water partition coefficient (Wildman–Crippen LogP) is 4.56. The molecule has 2 aromatic rings. The van der Waals surface area contributed by atoms with Crippen LogP contribution in [0.2, 0.25) is 5.02 Å². The van der Waals surface area contributed by atoms with Crippen molar-refractivity contribution in [1.82, 2.24) is 5.32 Å². The van der Waals surface area contributed by atoms with Gasteiger partial charge in [0.15, 0.2) is 0 Å². The van der Waals surface area contributed by atoms with Crippen LogP contribution < -0.4 is 5.32 Å². The molecule has 0 radical (unpaired) electrons. The maximum atomic E-state index is 13.6. The standard InChI is InChI=1S/C16H17ClFN/c1-3-19-10-13-9-12(7-8-15(13)17)14-5-4-6-16(18)11(14)2/h4-9,19H,3,10H2,1-2H3. The Bertz CT molecular complexity index is 581. The van der Waals surface area contributed by atoms with Crippen molar-refractivity contribution >= 4 is 11.6 Å². The molecule has 3 heteroatoms. The molecule has 1 nitrogen and oxygen atoms in total. The highest BCUT2D eigenvalue weighted by molar-refractivity contribution is 6.31. The molecule has 0 saturated carbocycles. The molecule has 0 aliphatic carbocycles. The van der Waals surface area contributed by atoms with Crippen LogP contribution in [0.15, 0.2) is 36.4 Å². The normalized spacial score (nSPS) is 10.7. The van der Waals surface area contributed by atoms with Crippen LogP contribution in [0.5, 0.6) is 0 Å². The maximum absolute atomic E-state index is 13.6. The molecule has 19 heavy (non-hydrogen) atoms. The third-order valence-corrected chi connectivity index (χ3v) is 3.56. The predicted molar refractivity (Wildman–Crippen MR) is 79.0 cm³/mol. The van der Waals surface area contributed by atoms with Gasteiger partial charge in [0.25, 0.3) is 0 Å². The van der Waals surface area contributed by atoms with Gasteiger partial charge in [-0.25, -0.2) is 4.39 Å². The lowest BCUT2D eigenvalue weighted by Crippen LogP contribution is -2.12. The molecule has 0 aliphatic heterocycles. The minimum atomic E-state index is -0.180. The summed E-state index contributed by atoms with van der Waals surface area (Å²) in [6, 6.07) is 11.0. The average molecular weight is 278 g/mol. The molecular formula is C16H17ClFN. The highest BCUT2D eigenvalue weighted by Crippen LogP contribution is 2.28. The van der Waals surface area contributed by atoms with E-state index >= 15 is 0 Å². The summed E-state index contributed by atoms with van der Waals surface area (Å²) in [4.78, 5) is 0. The average Bonchev–Trinajstić information content (AvgIpc) is 2.41. The van der Waals surface area contributed by atoms with Gasteiger partial charge in [-0.15, -0.1) is 0 Å². The molecule has 0 bridgehead atoms. The lowest BCUT2D eigenvalue weighted by molar-refractivity contribution is 0.619. The largest absolute Gasteiger partial charge is 0.313 e. The number of nitrogens with one attached hydrogen (secondary N) is 1. The Kier molecular flexibility index (Phi) is 4.56. The monoisotopic (exact) mass is 277 g/mol. The van der Waals surface area contributed by atoms with E-state index < -0.39 is 0 Å². The zero-order chi connectivity index (χ0) is 13.8. The van der Waals surface area contributed by atoms with Crippen molar-refractivity contribution in [2.24, 2.45) is 0 Å². The van der Waals surface area contributed by atoms with E-state index in [1.54, 1.807) is 13.0 Å². The zero-order valence-electron chi connectivity index (χ0n) is 11.1. The number of rotatable bonds is 4. The van der Waals surface area contributed by atoms with Crippen LogP contribution in [0.4, 0.5) is 4.39 Å². The van der Waals surface area contributed by atoms with Crippen LogP contribution in [-0.4, -0.2) is 6.54 Å². The van der Waals surface area contributed by atoms with Gasteiger partial charge >= 0.3 is 0 Å². The van der Waals surface area contributed by atoms with Gasteiger partial charge in [-0.05, 0) is 53.9 Å². The first kappa shape index (κ1) is 14.0. The first-order valence-electron chi connectivity index (χ1n) is 6.38. The van der Waals surface area contributed by atoms with E-state index in [4.69, 9.17) is 11.6 Å². The van der Waals surface area contributed by atoms with Gasteiger partial charge in [-0.3, -0.25) is 0 Å². The van der Waals surface area contributed by atoms with E-state index in [0.29, 0.717) is 5.56 Å². The Morgan fingerprint density at radius 2 is 2.00 bits per heavy atom. The fraction of sp³-hybridized carbons (Fsp3) is 0.250. The van der Waals surface area contributed by atoms with Crippen molar-refractivity contribution < 1.29 is 4.39 Å². The second-order valence-corrected chi connectivity index (χ2v) is 4.91. The minimum Gasteiger partial charge on any atom is -0.313 e. The lowest BCUT2D eigenvalue weighted by atomic mass is 9.98. The summed E-state index contributed by atoms with van der Waals surface area (Å²) in [6.45, 7) is 5.45. The molecule has 0 spiro atoms. The van der Waals surface area contributed by atoms with Crippen molar-refractivity contribution in [3.05, 3.63) is 58.4 Å². The van der Waals surface area contributed by atoms with E-state index in [2.05, 4.69) is 12.2 Å². The number of hydrogen-bond donors (Lipinski definition) is 1. The molecule has 0 heterocycles. The van der Waals surface area contributed by atoms with E-state index in [1.165, 1.54) is 6.07 Å². The third-order valence-electron chi connectivity index (χ3n) is 3.19. The third kappa shape index (κ3) is 3.14. The van der Waals surface area contributed by atoms with Crippen LogP contribution >= 0.6 is 11.6 Å². The highest BCUT2D eigenvalue weighted by Gasteiger charge is 2.08. The molecule has 0 unspecified atom stereocenters. The van der Waals surface area contributed by atoms with Gasteiger partial charge in [0.05, 0.1) is 0 Å². The summed E-state index contributed by atoms with van der Waals surface area (Å²) in [5.74, 6) is -0.180. The molecule has 2 rings (SSSR count). The molecule has 0 amide bonds. The number of halogens is 2. The van der Waals surface area contributed by atoms with Gasteiger partial charge in [0.1, 0.15) is 5.82 Å². The molecule has 1 N–H and O–H groups in total. The van der Waals surface area contributed by atoms with Crippen LogP contribution in [0, 0.1) is 12.7 Å². The summed E-state index contributed by atoms with van der Waals surface area (Å²) in [7, 11) is 0. The van der Waals surface area contributed by atoms with Crippen molar-refractivity contribution in [1.29, 1.82) is 0 Å². The number of hydrogen-bond acceptors (Lipinski definition) is 1. The van der Waals surface area contributed by atoms with Crippen LogP contribution in [0.1, 0.15) is 18.1 Å². The molecule has 0 fully saturated rings. The summed E-state index contributed by atoms with van der Waals surface area (Å²) in [5.41, 5.74) is 3.60. The Labute approximate surface area is 118 Å². The fourth-order valence-corrected chi connectivity index (χ4v) is 2.24. The van der Waals surface area contributed by atoms with Gasteiger partial charge in [-0.2, -0.15) is 0 Å². The lowest BCUT2D eigenvalue weighted by Gasteiger charge is -2.11. The smallest absolute Gasteiger partial charge is 0.126 e. The summed E-state index contributed by atoms with van der Waals surface area (Å²) in [6.07, 6.45) is 0. The molecule has 2 aromatic carbocycles. The maximum Gasteiger partial charge on any atom is 0.126 e. The van der Waals surface area contributed by atoms with Gasteiger partial charge < -0.3 is 5.32 Å². The second-order valence-electron chi connectivity index (χ2n) is 4.50. The van der Waals surface area contributed by atoms with Crippen molar-refractivity contribution in [3.8, 4) is 11.1 Å². The van der Waals surface area contributed by atoms with Crippen LogP contribution in [0.3, 0.4) is 0 Å². The summed E-state index contributed by atoms with van der Waals surface area (Å²) in [5, 5.41) is 3.99. The molecule has 0 atom stereocenters. The molecular weight excluding hydrogens is 261 g/mol. The van der Waals surface area contributed by atoms with Crippen LogP contribution in [-0.2, 0) is 6.54 Å². The Morgan fingerprint density at radius 1 is 1.21 bits per heavy atom. The highest BCUT2D eigenvalue weighted by atomic mass is 35.5. The van der Waals surface area contributed by atoms with Gasteiger partial charge in [0, 0.05) is 11.6 Å². The minimum absolute atomic E-state index is 0.180. The second kappa shape index (κ2) is 6.18. The first-order chi connectivity index (χ1) is 9.13. The van der Waals surface area contributed by atoms with Crippen molar-refractivity contribution in [2.45, 2.75) is 20.4 Å². The Morgan fingerprint density at radius 3 is 2.74 bits per heavy atom. The van der Waals surface area contributed by atoms with Gasteiger partial charge in [-0.1, -0.05) is 36.7 Å². The fourth-order valence-electron chi connectivity index (χ4n) is 2.06. The first-order valence-corrected chi connectivity index (χ1v) is 6.76. The van der Waals surface area contributed by atoms with Crippen molar-refractivity contribution in [3.63, 3.8) is 0 Å². The van der Waals surface area contributed by atoms with E-state index in [9.17, 15) is 4.39 Å². The summed E-state index contributed by atoms with van der Waals surface area (Å²) < 4.78 is 13.6. The topological polar surface area (TPSA) is 12.0 Å². The van der Waals surface area contributed by atoms with E-state index in [1.807, 2.05) is 24.3 Å². The zero-order valence-corrected chi connectivity index (χ0v) is 11.9. The van der Waals surface area contributed by atoms with Gasteiger partial charge in [0.2, 0.25) is 0 Å². The van der Waals surface area contributed by atoms with E-state index in [0.717, 1.165) is 34.8 Å². The molecule has 100 valence electrons. The SMILES string of the molecule is CCNCc1cc(-c2cccc(F)c2C)ccc1Cl. The van der Waals surface area contributed by atoms with Crippen molar-refractivity contribution in [2.75, 3.05) is 6.54 Å². The van der Waals surface area contributed by atoms with E-state index in [-0.39, 0.29) is 5.82 Å². The Balaban J connectivity index is 2.42. The quantitative estimate of drug-likeness (QED) is 0.864.